The number of likely N-dealkylation sites (tertiary alicyclic amines) is 1. The summed E-state index contributed by atoms with van der Waals surface area (Å²) < 4.78 is 0. The first kappa shape index (κ1) is 14.8. The van der Waals surface area contributed by atoms with Crippen LogP contribution in [0.4, 0.5) is 9.93 Å². The van der Waals surface area contributed by atoms with Gasteiger partial charge in [-0.05, 0) is 38.8 Å². The maximum Gasteiger partial charge on any atom is 0.321 e. The fraction of sp³-hybridized carbons (Fsp3) is 0.615. The lowest BCUT2D eigenvalue weighted by Crippen LogP contribution is -2.39. The van der Waals surface area contributed by atoms with Crippen LogP contribution in [0.5, 0.6) is 0 Å². The Morgan fingerprint density at radius 3 is 2.95 bits per heavy atom. The second-order valence-corrected chi connectivity index (χ2v) is 5.86. The van der Waals surface area contributed by atoms with Gasteiger partial charge in [-0.2, -0.15) is 5.26 Å². The fourth-order valence-corrected chi connectivity index (χ4v) is 2.92. The standard InChI is InChI=1S/C13H19N5OS/c1-10-9-20-13(16-10)17-12(19)15-8-11-2-5-18(6-3-11)7-4-14/h9,11H,2-3,5-8H2,1H3,(H2,15,16,17,19). The number of hydrogen-bond acceptors (Lipinski definition) is 5. The number of anilines is 1. The summed E-state index contributed by atoms with van der Waals surface area (Å²) in [5, 5.41) is 16.8. The number of thiazole rings is 1. The Morgan fingerprint density at radius 2 is 2.35 bits per heavy atom. The molecule has 0 unspecified atom stereocenters. The Morgan fingerprint density at radius 1 is 1.60 bits per heavy atom. The summed E-state index contributed by atoms with van der Waals surface area (Å²) in [5.74, 6) is 0.494. The van der Waals surface area contributed by atoms with E-state index in [0.29, 0.717) is 24.1 Å². The van der Waals surface area contributed by atoms with Crippen molar-refractivity contribution in [2.75, 3.05) is 31.5 Å². The second kappa shape index (κ2) is 7.22. The number of nitriles is 1. The van der Waals surface area contributed by atoms with Crippen LogP contribution in [0.3, 0.4) is 0 Å². The summed E-state index contributed by atoms with van der Waals surface area (Å²) in [6.45, 7) is 4.95. The first-order valence-corrected chi connectivity index (χ1v) is 7.61. The third-order valence-electron chi connectivity index (χ3n) is 3.39. The Labute approximate surface area is 122 Å². The van der Waals surface area contributed by atoms with Crippen molar-refractivity contribution in [2.24, 2.45) is 5.92 Å². The molecule has 0 bridgehead atoms. The van der Waals surface area contributed by atoms with Crippen LogP contribution in [0.2, 0.25) is 0 Å². The van der Waals surface area contributed by atoms with Gasteiger partial charge in [0.25, 0.3) is 0 Å². The van der Waals surface area contributed by atoms with Gasteiger partial charge in [-0.3, -0.25) is 10.2 Å². The van der Waals surface area contributed by atoms with Gasteiger partial charge in [0.15, 0.2) is 5.13 Å². The summed E-state index contributed by atoms with van der Waals surface area (Å²) in [6, 6.07) is 1.98. The molecule has 2 heterocycles. The summed E-state index contributed by atoms with van der Waals surface area (Å²) in [4.78, 5) is 18.1. The molecule has 108 valence electrons. The molecule has 0 radical (unpaired) electrons. The molecule has 0 atom stereocenters. The third kappa shape index (κ3) is 4.47. The largest absolute Gasteiger partial charge is 0.338 e. The van der Waals surface area contributed by atoms with E-state index < -0.39 is 0 Å². The van der Waals surface area contributed by atoms with Crippen molar-refractivity contribution in [3.63, 3.8) is 0 Å². The van der Waals surface area contributed by atoms with Crippen molar-refractivity contribution in [2.45, 2.75) is 19.8 Å². The molecule has 1 saturated heterocycles. The molecule has 1 aliphatic rings. The highest BCUT2D eigenvalue weighted by molar-refractivity contribution is 7.13. The molecule has 1 aromatic rings. The maximum atomic E-state index is 11.7. The molecule has 20 heavy (non-hydrogen) atoms. The lowest BCUT2D eigenvalue weighted by Gasteiger charge is -2.30. The summed E-state index contributed by atoms with van der Waals surface area (Å²) in [7, 11) is 0. The van der Waals surface area contributed by atoms with Crippen LogP contribution in [-0.4, -0.2) is 42.1 Å². The van der Waals surface area contributed by atoms with Crippen LogP contribution in [0.15, 0.2) is 5.38 Å². The van der Waals surface area contributed by atoms with E-state index in [9.17, 15) is 4.79 Å². The SMILES string of the molecule is Cc1csc(NC(=O)NCC2CCN(CC#N)CC2)n1. The summed E-state index contributed by atoms with van der Waals surface area (Å²) in [5.41, 5.74) is 0.912. The fourth-order valence-electron chi connectivity index (χ4n) is 2.24. The number of aromatic nitrogens is 1. The van der Waals surface area contributed by atoms with Gasteiger partial charge < -0.3 is 5.32 Å². The second-order valence-electron chi connectivity index (χ2n) is 5.01. The van der Waals surface area contributed by atoms with Gasteiger partial charge in [-0.15, -0.1) is 11.3 Å². The van der Waals surface area contributed by atoms with E-state index in [1.165, 1.54) is 11.3 Å². The van der Waals surface area contributed by atoms with Crippen LogP contribution in [0.25, 0.3) is 0 Å². The molecular weight excluding hydrogens is 274 g/mol. The predicted octanol–water partition coefficient (Wildman–Crippen LogP) is 1.81. The van der Waals surface area contributed by atoms with Gasteiger partial charge in [-0.25, -0.2) is 9.78 Å². The topological polar surface area (TPSA) is 81.0 Å². The Balaban J connectivity index is 1.66. The maximum absolute atomic E-state index is 11.7. The molecule has 2 rings (SSSR count). The molecule has 2 N–H and O–H groups in total. The van der Waals surface area contributed by atoms with E-state index in [4.69, 9.17) is 5.26 Å². The lowest BCUT2D eigenvalue weighted by atomic mass is 9.97. The minimum absolute atomic E-state index is 0.196. The van der Waals surface area contributed by atoms with Gasteiger partial charge in [-0.1, -0.05) is 0 Å². The number of nitrogens with zero attached hydrogens (tertiary/aromatic N) is 3. The van der Waals surface area contributed by atoms with Crippen LogP contribution in [0, 0.1) is 24.2 Å². The molecule has 1 fully saturated rings. The van der Waals surface area contributed by atoms with Crippen molar-refractivity contribution in [3.05, 3.63) is 11.1 Å². The van der Waals surface area contributed by atoms with E-state index in [1.54, 1.807) is 0 Å². The smallest absolute Gasteiger partial charge is 0.321 e. The van der Waals surface area contributed by atoms with Crippen LogP contribution in [0.1, 0.15) is 18.5 Å². The average molecular weight is 293 g/mol. The monoisotopic (exact) mass is 293 g/mol. The first-order valence-electron chi connectivity index (χ1n) is 6.73. The number of hydrogen-bond donors (Lipinski definition) is 2. The third-order valence-corrected chi connectivity index (χ3v) is 4.27. The molecule has 0 spiro atoms. The number of carbonyl (C=O) groups is 1. The molecule has 1 aromatic heterocycles. The number of urea groups is 1. The van der Waals surface area contributed by atoms with Gasteiger partial charge in [0, 0.05) is 11.9 Å². The summed E-state index contributed by atoms with van der Waals surface area (Å²) in [6.07, 6.45) is 2.05. The van der Waals surface area contributed by atoms with E-state index in [0.717, 1.165) is 31.6 Å². The van der Waals surface area contributed by atoms with Gasteiger partial charge in [0.1, 0.15) is 0 Å². The molecule has 0 saturated carbocycles. The molecule has 0 aliphatic carbocycles. The van der Waals surface area contributed by atoms with Gasteiger partial charge >= 0.3 is 6.03 Å². The zero-order valence-corrected chi connectivity index (χ0v) is 12.4. The minimum atomic E-state index is -0.196. The number of rotatable bonds is 4. The number of piperidine rings is 1. The van der Waals surface area contributed by atoms with Crippen molar-refractivity contribution >= 4 is 22.5 Å². The molecule has 7 heteroatoms. The molecular formula is C13H19N5OS. The van der Waals surface area contributed by atoms with Crippen molar-refractivity contribution in [1.29, 1.82) is 5.26 Å². The first-order chi connectivity index (χ1) is 9.67. The number of carbonyl (C=O) groups excluding carboxylic acids is 1. The zero-order valence-electron chi connectivity index (χ0n) is 11.6. The van der Waals surface area contributed by atoms with Crippen LogP contribution >= 0.6 is 11.3 Å². The van der Waals surface area contributed by atoms with E-state index >= 15 is 0 Å². The Kier molecular flexibility index (Phi) is 5.32. The zero-order chi connectivity index (χ0) is 14.4. The highest BCUT2D eigenvalue weighted by atomic mass is 32.1. The molecule has 0 aromatic carbocycles. The summed E-state index contributed by atoms with van der Waals surface area (Å²) >= 11 is 1.42. The Hall–Kier alpha value is -1.65. The molecule has 2 amide bonds. The van der Waals surface area contributed by atoms with Crippen LogP contribution in [-0.2, 0) is 0 Å². The van der Waals surface area contributed by atoms with E-state index in [-0.39, 0.29) is 6.03 Å². The quantitative estimate of drug-likeness (QED) is 0.830. The lowest BCUT2D eigenvalue weighted by molar-refractivity contribution is 0.199. The van der Waals surface area contributed by atoms with Crippen molar-refractivity contribution in [3.8, 4) is 6.07 Å². The van der Waals surface area contributed by atoms with Crippen molar-refractivity contribution in [1.82, 2.24) is 15.2 Å². The highest BCUT2D eigenvalue weighted by Gasteiger charge is 2.19. The number of nitrogens with one attached hydrogen (secondary N) is 2. The highest BCUT2D eigenvalue weighted by Crippen LogP contribution is 2.16. The van der Waals surface area contributed by atoms with Crippen molar-refractivity contribution < 1.29 is 4.79 Å². The normalized spacial score (nSPS) is 16.6. The van der Waals surface area contributed by atoms with E-state index in [1.807, 2.05) is 12.3 Å². The number of amides is 2. The van der Waals surface area contributed by atoms with E-state index in [2.05, 4.69) is 26.6 Å². The predicted molar refractivity (Wildman–Crippen MR) is 78.6 cm³/mol. The molecule has 6 nitrogen and oxygen atoms in total. The molecule has 1 aliphatic heterocycles. The number of aryl methyl sites for hydroxylation is 1. The van der Waals surface area contributed by atoms with Gasteiger partial charge in [0.05, 0.1) is 18.3 Å². The van der Waals surface area contributed by atoms with Gasteiger partial charge in [0.2, 0.25) is 0 Å². The van der Waals surface area contributed by atoms with Crippen LogP contribution < -0.4 is 10.6 Å². The average Bonchev–Trinajstić information content (AvgIpc) is 2.84. The Bertz CT molecular complexity index is 487. The minimum Gasteiger partial charge on any atom is -0.338 e.